The summed E-state index contributed by atoms with van der Waals surface area (Å²) in [4.78, 5) is 12.2. The van der Waals surface area contributed by atoms with E-state index in [-0.39, 0.29) is 11.5 Å². The highest BCUT2D eigenvalue weighted by atomic mass is 16.5. The predicted molar refractivity (Wildman–Crippen MR) is 107 cm³/mol. The van der Waals surface area contributed by atoms with Crippen LogP contribution in [0.1, 0.15) is 61.4 Å². The zero-order chi connectivity index (χ0) is 18.6. The first-order valence-corrected chi connectivity index (χ1v) is 9.43. The van der Waals surface area contributed by atoms with Crippen LogP contribution in [0.3, 0.4) is 0 Å². The third-order valence-corrected chi connectivity index (χ3v) is 4.23. The number of allylic oxidation sites excluding steroid dienone is 1. The van der Waals surface area contributed by atoms with Gasteiger partial charge in [0.25, 0.3) is 0 Å². The van der Waals surface area contributed by atoms with Crippen molar-refractivity contribution in [2.45, 2.75) is 45.4 Å². The lowest BCUT2D eigenvalue weighted by Gasteiger charge is -2.06. The van der Waals surface area contributed by atoms with E-state index in [9.17, 15) is 9.90 Å². The van der Waals surface area contributed by atoms with Crippen molar-refractivity contribution in [3.63, 3.8) is 0 Å². The van der Waals surface area contributed by atoms with Crippen molar-refractivity contribution in [1.29, 1.82) is 0 Å². The number of phenols is 1. The van der Waals surface area contributed by atoms with Crippen LogP contribution in [0.15, 0.2) is 54.6 Å². The second kappa shape index (κ2) is 11.1. The Hall–Kier alpha value is -2.55. The van der Waals surface area contributed by atoms with Crippen molar-refractivity contribution in [3.05, 3.63) is 65.7 Å². The van der Waals surface area contributed by atoms with Crippen LogP contribution in [0.2, 0.25) is 0 Å². The Morgan fingerprint density at radius 1 is 0.923 bits per heavy atom. The number of aromatic hydroxyl groups is 1. The van der Waals surface area contributed by atoms with Crippen molar-refractivity contribution in [1.82, 2.24) is 0 Å². The van der Waals surface area contributed by atoms with Gasteiger partial charge < -0.3 is 9.84 Å². The van der Waals surface area contributed by atoms with Gasteiger partial charge in [0.15, 0.2) is 5.78 Å². The summed E-state index contributed by atoms with van der Waals surface area (Å²) in [6.45, 7) is 2.95. The third-order valence-electron chi connectivity index (χ3n) is 4.23. The van der Waals surface area contributed by atoms with Crippen LogP contribution < -0.4 is 4.74 Å². The van der Waals surface area contributed by atoms with E-state index in [2.05, 4.69) is 6.92 Å². The number of benzene rings is 2. The first-order chi connectivity index (χ1) is 12.7. The summed E-state index contributed by atoms with van der Waals surface area (Å²) in [7, 11) is 0. The molecule has 0 saturated carbocycles. The van der Waals surface area contributed by atoms with Gasteiger partial charge in [-0.15, -0.1) is 0 Å². The number of hydrogen-bond acceptors (Lipinski definition) is 3. The minimum atomic E-state index is -0.0550. The number of carbonyl (C=O) groups is 1. The summed E-state index contributed by atoms with van der Waals surface area (Å²) >= 11 is 0. The molecule has 0 saturated heterocycles. The van der Waals surface area contributed by atoms with Crippen LogP contribution in [-0.2, 0) is 0 Å². The fourth-order valence-corrected chi connectivity index (χ4v) is 2.64. The van der Waals surface area contributed by atoms with Gasteiger partial charge in [0.2, 0.25) is 0 Å². The first-order valence-electron chi connectivity index (χ1n) is 9.43. The Bertz CT molecular complexity index is 684. The molecule has 0 aromatic heterocycles. The standard InChI is InChI=1S/C23H28O3/c1-2-3-4-5-6-7-18-26-22-15-11-20(12-16-22)23(25)17-10-19-8-13-21(24)14-9-19/h8-17,24H,2-7,18H2,1H3/b17-10+. The maximum absolute atomic E-state index is 12.2. The van der Waals surface area contributed by atoms with Gasteiger partial charge in [-0.3, -0.25) is 4.79 Å². The molecule has 0 atom stereocenters. The second-order valence-electron chi connectivity index (χ2n) is 6.43. The topological polar surface area (TPSA) is 46.5 Å². The van der Waals surface area contributed by atoms with Crippen molar-refractivity contribution in [2.24, 2.45) is 0 Å². The Morgan fingerprint density at radius 2 is 1.58 bits per heavy atom. The number of ether oxygens (including phenoxy) is 1. The molecule has 2 aromatic carbocycles. The zero-order valence-electron chi connectivity index (χ0n) is 15.5. The lowest BCUT2D eigenvalue weighted by molar-refractivity contribution is 0.104. The molecular weight excluding hydrogens is 324 g/mol. The smallest absolute Gasteiger partial charge is 0.185 e. The number of hydrogen-bond donors (Lipinski definition) is 1. The summed E-state index contributed by atoms with van der Waals surface area (Å²) in [6.07, 6.45) is 10.7. The molecular formula is C23H28O3. The minimum Gasteiger partial charge on any atom is -0.508 e. The Morgan fingerprint density at radius 3 is 2.27 bits per heavy atom. The first kappa shape index (κ1) is 19.8. The molecule has 0 amide bonds. The molecule has 0 aliphatic rings. The average molecular weight is 352 g/mol. The lowest BCUT2D eigenvalue weighted by Crippen LogP contribution is -1.98. The molecule has 138 valence electrons. The van der Waals surface area contributed by atoms with Crippen molar-refractivity contribution in [2.75, 3.05) is 6.61 Å². The number of phenolic OH excluding ortho intramolecular Hbond substituents is 1. The van der Waals surface area contributed by atoms with E-state index in [4.69, 9.17) is 4.74 Å². The molecule has 1 N–H and O–H groups in total. The fourth-order valence-electron chi connectivity index (χ4n) is 2.64. The molecule has 3 heteroatoms. The molecule has 0 spiro atoms. The van der Waals surface area contributed by atoms with E-state index in [0.29, 0.717) is 5.56 Å². The molecule has 26 heavy (non-hydrogen) atoms. The van der Waals surface area contributed by atoms with E-state index in [1.54, 1.807) is 48.6 Å². The van der Waals surface area contributed by atoms with Crippen LogP contribution in [0.5, 0.6) is 11.5 Å². The molecule has 0 aliphatic heterocycles. The SMILES string of the molecule is CCCCCCCCOc1ccc(C(=O)/C=C/c2ccc(O)cc2)cc1. The molecule has 2 aromatic rings. The van der Waals surface area contributed by atoms with Crippen LogP contribution in [-0.4, -0.2) is 17.5 Å². The van der Waals surface area contributed by atoms with Crippen LogP contribution in [0, 0.1) is 0 Å². The van der Waals surface area contributed by atoms with Gasteiger partial charge in [-0.1, -0.05) is 57.2 Å². The van der Waals surface area contributed by atoms with Crippen LogP contribution in [0.25, 0.3) is 6.08 Å². The molecule has 0 fully saturated rings. The monoisotopic (exact) mass is 352 g/mol. The van der Waals surface area contributed by atoms with E-state index < -0.39 is 0 Å². The molecule has 0 radical (unpaired) electrons. The maximum Gasteiger partial charge on any atom is 0.185 e. The molecule has 2 rings (SSSR count). The second-order valence-corrected chi connectivity index (χ2v) is 6.43. The summed E-state index contributed by atoms with van der Waals surface area (Å²) in [5.41, 5.74) is 1.50. The third kappa shape index (κ3) is 7.14. The highest BCUT2D eigenvalue weighted by molar-refractivity contribution is 6.06. The van der Waals surface area contributed by atoms with Gasteiger partial charge in [-0.2, -0.15) is 0 Å². The Kier molecular flexibility index (Phi) is 8.47. The number of ketones is 1. The largest absolute Gasteiger partial charge is 0.508 e. The van der Waals surface area contributed by atoms with Crippen LogP contribution >= 0.6 is 0 Å². The van der Waals surface area contributed by atoms with Gasteiger partial charge >= 0.3 is 0 Å². The summed E-state index contributed by atoms with van der Waals surface area (Å²) in [5.74, 6) is 0.961. The van der Waals surface area contributed by atoms with Gasteiger partial charge in [0.1, 0.15) is 11.5 Å². The molecule has 0 bridgehead atoms. The predicted octanol–water partition coefficient (Wildman–Crippen LogP) is 6.03. The van der Waals surface area contributed by atoms with Gasteiger partial charge in [-0.05, 0) is 54.5 Å². The van der Waals surface area contributed by atoms with Crippen LogP contribution in [0.4, 0.5) is 0 Å². The lowest BCUT2D eigenvalue weighted by atomic mass is 10.1. The van der Waals surface area contributed by atoms with Gasteiger partial charge in [0, 0.05) is 5.56 Å². The van der Waals surface area contributed by atoms with Crippen molar-refractivity contribution in [3.8, 4) is 11.5 Å². The zero-order valence-corrected chi connectivity index (χ0v) is 15.5. The summed E-state index contributed by atoms with van der Waals surface area (Å²) in [5, 5.41) is 9.26. The fraction of sp³-hybridized carbons (Fsp3) is 0.348. The molecule has 0 unspecified atom stereocenters. The molecule has 3 nitrogen and oxygen atoms in total. The average Bonchev–Trinajstić information content (AvgIpc) is 2.67. The normalized spacial score (nSPS) is 11.0. The van der Waals surface area contributed by atoms with E-state index >= 15 is 0 Å². The number of rotatable bonds is 11. The highest BCUT2D eigenvalue weighted by Crippen LogP contribution is 2.15. The molecule has 0 aliphatic carbocycles. The molecule has 0 heterocycles. The quantitative estimate of drug-likeness (QED) is 0.305. The summed E-state index contributed by atoms with van der Waals surface area (Å²) < 4.78 is 5.73. The van der Waals surface area contributed by atoms with E-state index in [1.165, 1.54) is 32.1 Å². The Labute approximate surface area is 156 Å². The Balaban J connectivity index is 1.75. The summed E-state index contributed by atoms with van der Waals surface area (Å²) in [6, 6.07) is 14.0. The van der Waals surface area contributed by atoms with E-state index in [0.717, 1.165) is 24.3 Å². The highest BCUT2D eigenvalue weighted by Gasteiger charge is 2.02. The maximum atomic E-state index is 12.2. The van der Waals surface area contributed by atoms with Gasteiger partial charge in [-0.25, -0.2) is 0 Å². The van der Waals surface area contributed by atoms with E-state index in [1.807, 2.05) is 12.1 Å². The minimum absolute atomic E-state index is 0.0550. The number of carbonyl (C=O) groups excluding carboxylic acids is 1. The number of unbranched alkanes of at least 4 members (excludes halogenated alkanes) is 5. The van der Waals surface area contributed by atoms with Crippen molar-refractivity contribution < 1.29 is 14.6 Å². The van der Waals surface area contributed by atoms with Crippen molar-refractivity contribution >= 4 is 11.9 Å². The van der Waals surface area contributed by atoms with Gasteiger partial charge in [0.05, 0.1) is 6.61 Å².